The molecule has 76 heavy (non-hydrogen) atoms. The molecule has 4 aromatic heterocycles. The Morgan fingerprint density at radius 2 is 1.28 bits per heavy atom. The van der Waals surface area contributed by atoms with E-state index in [1.165, 1.54) is 12.3 Å². The zero-order valence-electron chi connectivity index (χ0n) is 52.7. The zero-order valence-corrected chi connectivity index (χ0v) is 45.0. The standard InChI is InChI=1S/C69H57N5O.Pt/c1-46-35-66(71-44-59(46)50-25-15-10-16-26-50)74-61-28-18-17-27-56(61)57-32-31-54(41-64(57)74)75-55-33-34-70-65(42-55)72-45-73(63-30-20-19-29-62(63)72)67-58(36-47(43-68(2,3)4)37-60(67)69(5,6)7)53-39-51(48-21-11-8-12-22-48)38-52(40-53)49-23-13-9-14-24-49;/h8-40,44H,43H2,1-7H3;/q-2;/i1D3,10D,15D,16D,25D,26D,43D2;. The van der Waals surface area contributed by atoms with E-state index in [2.05, 4.69) is 86.3 Å². The quantitative estimate of drug-likeness (QED) is 0.101. The molecule has 0 aliphatic carbocycles. The molecule has 0 N–H and O–H groups in total. The Bertz CT molecular complexity index is 4540. The van der Waals surface area contributed by atoms with Crippen molar-refractivity contribution in [2.24, 2.45) is 5.41 Å². The molecule has 0 saturated heterocycles. The number of nitrogens with zero attached hydrogens (tertiary/aromatic N) is 5. The van der Waals surface area contributed by atoms with Crippen molar-refractivity contribution in [1.29, 1.82) is 0 Å². The number of hydrogen-bond donors (Lipinski definition) is 0. The van der Waals surface area contributed by atoms with Crippen molar-refractivity contribution >= 4 is 32.8 Å². The molecule has 7 heteroatoms. The summed E-state index contributed by atoms with van der Waals surface area (Å²) in [6, 6.07) is 57.6. The van der Waals surface area contributed by atoms with E-state index in [9.17, 15) is 2.74 Å². The second-order valence-electron chi connectivity index (χ2n) is 20.7. The van der Waals surface area contributed by atoms with Gasteiger partial charge < -0.3 is 9.30 Å². The molecule has 0 aliphatic heterocycles. The molecule has 0 spiro atoms. The number of fused-ring (bicyclic) bond motifs is 4. The van der Waals surface area contributed by atoms with E-state index in [1.807, 2.05) is 128 Å². The summed E-state index contributed by atoms with van der Waals surface area (Å²) in [6.45, 7) is 9.48. The van der Waals surface area contributed by atoms with Gasteiger partial charge in [0.1, 0.15) is 5.82 Å². The minimum atomic E-state index is -2.78. The molecule has 8 aromatic carbocycles. The van der Waals surface area contributed by atoms with Crippen molar-refractivity contribution in [2.45, 2.75) is 60.2 Å². The minimum absolute atomic E-state index is 0. The normalized spacial score (nSPS) is 14.1. The number of hydrogen-bond acceptors (Lipinski definition) is 3. The Balaban J connectivity index is 0.00000768. The molecule has 0 aliphatic rings. The van der Waals surface area contributed by atoms with Crippen LogP contribution < -0.4 is 9.30 Å². The van der Waals surface area contributed by atoms with Crippen LogP contribution in [0.3, 0.4) is 0 Å². The van der Waals surface area contributed by atoms with Crippen molar-refractivity contribution in [2.75, 3.05) is 0 Å². The Morgan fingerprint density at radius 3 is 1.97 bits per heavy atom. The number of aromatic nitrogens is 5. The third kappa shape index (κ3) is 9.70. The number of rotatable bonds is 10. The summed E-state index contributed by atoms with van der Waals surface area (Å²) >= 11 is 0. The third-order valence-corrected chi connectivity index (χ3v) is 13.2. The van der Waals surface area contributed by atoms with Gasteiger partial charge in [-0.2, -0.15) is 18.2 Å². The third-order valence-electron chi connectivity index (χ3n) is 13.2. The fourth-order valence-corrected chi connectivity index (χ4v) is 9.91. The first-order valence-electron chi connectivity index (χ1n) is 29.9. The zero-order chi connectivity index (χ0) is 60.1. The fourth-order valence-electron chi connectivity index (χ4n) is 9.91. The van der Waals surface area contributed by atoms with Gasteiger partial charge in [0.2, 0.25) is 0 Å². The van der Waals surface area contributed by atoms with Crippen molar-refractivity contribution in [3.8, 4) is 73.3 Å². The molecule has 4 heterocycles. The average molecular weight is 1180 g/mol. The Labute approximate surface area is 474 Å². The summed E-state index contributed by atoms with van der Waals surface area (Å²) in [5, 5.41) is 1.60. The number of benzene rings is 8. The van der Waals surface area contributed by atoms with Gasteiger partial charge in [-0.25, -0.2) is 4.98 Å². The van der Waals surface area contributed by atoms with E-state index in [4.69, 9.17) is 25.7 Å². The van der Waals surface area contributed by atoms with Crippen LogP contribution in [0.25, 0.3) is 94.7 Å². The molecule has 0 fully saturated rings. The van der Waals surface area contributed by atoms with Crippen LogP contribution in [-0.4, -0.2) is 19.1 Å². The maximum atomic E-state index is 9.73. The van der Waals surface area contributed by atoms with Crippen LogP contribution >= 0.6 is 0 Å². The summed E-state index contributed by atoms with van der Waals surface area (Å²) in [5.74, 6) is 1.18. The first kappa shape index (κ1) is 39.3. The van der Waals surface area contributed by atoms with Gasteiger partial charge in [0.05, 0.1) is 29.4 Å². The van der Waals surface area contributed by atoms with E-state index in [-0.39, 0.29) is 43.6 Å². The fraction of sp³-hybridized carbons (Fsp3) is 0.145. The number of aryl methyl sites for hydroxylation is 1. The maximum Gasteiger partial charge on any atom is 0.269 e. The SMILES string of the molecule is [2H]c1c([2H])c([2H])c(-c2cnc(-n3c4[c-]c(Oc5[c-]c(-n6[c-][n+](-c7c(-c8cc(-c9ccccc9)cc(-c9ccccc9)c8)cc(C([2H])([2H])C(C)(C)C)cc7C(C)(C)C)c7ccccc76)ncc5)ccc4c4ccccc43)cc2C([2H])([2H])[2H])c([2H])c1[2H].[Pt]. The summed E-state index contributed by atoms with van der Waals surface area (Å²) in [4.78, 5) is 9.57. The first-order valence-corrected chi connectivity index (χ1v) is 24.9. The van der Waals surface area contributed by atoms with Crippen LogP contribution in [0.15, 0.2) is 206 Å². The van der Waals surface area contributed by atoms with E-state index in [1.54, 1.807) is 22.9 Å². The Hall–Kier alpha value is -8.18. The van der Waals surface area contributed by atoms with Gasteiger partial charge in [0.25, 0.3) is 6.33 Å². The summed E-state index contributed by atoms with van der Waals surface area (Å²) in [7, 11) is 0. The Morgan fingerprint density at radius 1 is 0.618 bits per heavy atom. The summed E-state index contributed by atoms with van der Waals surface area (Å²) < 4.78 is 99.7. The van der Waals surface area contributed by atoms with E-state index >= 15 is 0 Å². The van der Waals surface area contributed by atoms with E-state index in [0.717, 1.165) is 66.4 Å². The second kappa shape index (κ2) is 20.2. The smallest absolute Gasteiger partial charge is 0.269 e. The van der Waals surface area contributed by atoms with Gasteiger partial charge in [0, 0.05) is 50.9 Å². The molecule has 12 aromatic rings. The van der Waals surface area contributed by atoms with Crippen LogP contribution in [0.2, 0.25) is 0 Å². The van der Waals surface area contributed by atoms with Gasteiger partial charge in [-0.1, -0.05) is 199 Å². The molecule has 0 unspecified atom stereocenters. The molecule has 0 atom stereocenters. The van der Waals surface area contributed by atoms with Crippen molar-refractivity contribution in [3.63, 3.8) is 0 Å². The van der Waals surface area contributed by atoms with Crippen LogP contribution in [-0.2, 0) is 32.9 Å². The molecule has 0 amide bonds. The average Bonchev–Trinajstić information content (AvgIpc) is 1.49. The maximum absolute atomic E-state index is 9.73. The first-order chi connectivity index (χ1) is 40.4. The molecular formula is C69H57N5OPt-2. The monoisotopic (exact) mass is 1180 g/mol. The molecule has 0 saturated carbocycles. The van der Waals surface area contributed by atoms with Gasteiger partial charge >= 0.3 is 0 Å². The van der Waals surface area contributed by atoms with Crippen LogP contribution in [0.1, 0.15) is 71.9 Å². The van der Waals surface area contributed by atoms with Crippen molar-refractivity contribution in [1.82, 2.24) is 19.1 Å². The van der Waals surface area contributed by atoms with Crippen LogP contribution in [0, 0.1) is 30.7 Å². The van der Waals surface area contributed by atoms with E-state index in [0.29, 0.717) is 33.9 Å². The molecule has 12 rings (SSSR count). The largest absolute Gasteiger partial charge is 0.522 e. The van der Waals surface area contributed by atoms with Crippen molar-refractivity contribution < 1.29 is 44.1 Å². The number of pyridine rings is 2. The number of ether oxygens (including phenoxy) is 1. The summed E-state index contributed by atoms with van der Waals surface area (Å²) in [5.41, 5.74) is 9.05. The number of imidazole rings is 1. The topological polar surface area (TPSA) is 48.8 Å². The van der Waals surface area contributed by atoms with Gasteiger partial charge in [-0.3, -0.25) is 14.1 Å². The summed E-state index contributed by atoms with van der Waals surface area (Å²) in [6.07, 6.45) is 4.85. The minimum Gasteiger partial charge on any atom is -0.522 e. The molecule has 0 radical (unpaired) electrons. The molecule has 6 nitrogen and oxygen atoms in total. The van der Waals surface area contributed by atoms with Gasteiger partial charge in [-0.05, 0) is 121 Å². The molecule has 376 valence electrons. The Kier molecular flexibility index (Phi) is 10.4. The van der Waals surface area contributed by atoms with Crippen LogP contribution in [0.5, 0.6) is 11.5 Å². The predicted molar refractivity (Wildman–Crippen MR) is 306 cm³/mol. The van der Waals surface area contributed by atoms with Gasteiger partial charge in [-0.15, -0.1) is 17.5 Å². The second-order valence-corrected chi connectivity index (χ2v) is 20.7. The molecule has 0 bridgehead atoms. The van der Waals surface area contributed by atoms with Crippen molar-refractivity contribution in [3.05, 3.63) is 242 Å². The van der Waals surface area contributed by atoms with Crippen LogP contribution in [0.4, 0.5) is 0 Å². The molecular weight excluding hydrogens is 1110 g/mol. The van der Waals surface area contributed by atoms with Gasteiger partial charge in [0.15, 0.2) is 0 Å². The number of para-hydroxylation sites is 3. The predicted octanol–water partition coefficient (Wildman–Crippen LogP) is 16.8. The van der Waals surface area contributed by atoms with E-state index < -0.39 is 54.3 Å².